The van der Waals surface area contributed by atoms with Gasteiger partial charge in [0.2, 0.25) is 0 Å². The van der Waals surface area contributed by atoms with Gasteiger partial charge in [0.05, 0.1) is 12.2 Å². The van der Waals surface area contributed by atoms with Crippen molar-refractivity contribution in [2.45, 2.75) is 110 Å². The largest absolute Gasteiger partial charge is 0.393 e. The zero-order valence-corrected chi connectivity index (χ0v) is 13.2. The summed E-state index contributed by atoms with van der Waals surface area (Å²) in [6.45, 7) is 3.75. The summed E-state index contributed by atoms with van der Waals surface area (Å²) in [5.41, 5.74) is 0. The topological polar surface area (TPSA) is 40.5 Å². The van der Waals surface area contributed by atoms with Gasteiger partial charge in [0.25, 0.3) is 0 Å². The fraction of sp³-hybridized carbons (Fsp3) is 1.00. The van der Waals surface area contributed by atoms with Crippen molar-refractivity contribution in [1.29, 1.82) is 0 Å². The smallest absolute Gasteiger partial charge is 0.0512 e. The molecule has 2 atom stereocenters. The Labute approximate surface area is 120 Å². The molecule has 0 fully saturated rings. The summed E-state index contributed by atoms with van der Waals surface area (Å²) in [6.07, 6.45) is 16.2. The molecule has 0 spiro atoms. The summed E-state index contributed by atoms with van der Waals surface area (Å²) in [7, 11) is 0. The van der Waals surface area contributed by atoms with E-state index in [9.17, 15) is 0 Å². The lowest BCUT2D eigenvalue weighted by molar-refractivity contribution is 0.180. The van der Waals surface area contributed by atoms with Crippen molar-refractivity contribution < 1.29 is 10.2 Å². The minimum absolute atomic E-state index is 0.117. The first-order valence-corrected chi connectivity index (χ1v) is 8.49. The predicted octanol–water partition coefficient (Wildman–Crippen LogP) is 4.82. The molecular formula is C17H36O2. The van der Waals surface area contributed by atoms with Crippen molar-refractivity contribution >= 4 is 0 Å². The van der Waals surface area contributed by atoms with Crippen molar-refractivity contribution in [2.24, 2.45) is 0 Å². The second-order valence-electron chi connectivity index (χ2n) is 6.16. The van der Waals surface area contributed by atoms with Crippen LogP contribution >= 0.6 is 0 Å². The van der Waals surface area contributed by atoms with Gasteiger partial charge in [-0.25, -0.2) is 0 Å². The molecule has 2 heteroatoms. The van der Waals surface area contributed by atoms with Crippen molar-refractivity contribution in [2.75, 3.05) is 0 Å². The second kappa shape index (κ2) is 14.3. The fourth-order valence-corrected chi connectivity index (χ4v) is 2.47. The maximum atomic E-state index is 9.13. The van der Waals surface area contributed by atoms with Gasteiger partial charge in [-0.2, -0.15) is 0 Å². The molecule has 2 N–H and O–H groups in total. The summed E-state index contributed by atoms with van der Waals surface area (Å²) < 4.78 is 0. The monoisotopic (exact) mass is 272 g/mol. The number of rotatable bonds is 14. The van der Waals surface area contributed by atoms with Crippen molar-refractivity contribution in [1.82, 2.24) is 0 Å². The normalized spacial score (nSPS) is 14.5. The molecular weight excluding hydrogens is 236 g/mol. The van der Waals surface area contributed by atoms with E-state index in [-0.39, 0.29) is 12.2 Å². The van der Waals surface area contributed by atoms with Crippen molar-refractivity contribution in [3.8, 4) is 0 Å². The van der Waals surface area contributed by atoms with Crippen LogP contribution in [0.25, 0.3) is 0 Å². The summed E-state index contributed by atoms with van der Waals surface area (Å²) in [4.78, 5) is 0. The Balaban J connectivity index is 2.95. The third-order valence-corrected chi connectivity index (χ3v) is 3.74. The highest BCUT2D eigenvalue weighted by molar-refractivity contribution is 4.52. The molecule has 116 valence electrons. The SMILES string of the molecule is CC(O)CCCCCCCCCCCCCC(C)O. The maximum Gasteiger partial charge on any atom is 0.0512 e. The Hall–Kier alpha value is -0.0800. The minimum Gasteiger partial charge on any atom is -0.393 e. The Morgan fingerprint density at radius 1 is 0.474 bits per heavy atom. The number of hydrogen-bond acceptors (Lipinski definition) is 2. The average Bonchev–Trinajstić information content (AvgIpc) is 2.34. The molecule has 0 rings (SSSR count). The molecule has 0 aliphatic heterocycles. The quantitative estimate of drug-likeness (QED) is 0.445. The lowest BCUT2D eigenvalue weighted by Gasteiger charge is -2.05. The predicted molar refractivity (Wildman–Crippen MR) is 83.4 cm³/mol. The number of unbranched alkanes of at least 4 members (excludes halogenated alkanes) is 10. The first-order chi connectivity index (χ1) is 9.13. The molecule has 0 radical (unpaired) electrons. The van der Waals surface area contributed by atoms with E-state index in [1.165, 1.54) is 70.6 Å². The van der Waals surface area contributed by atoms with Gasteiger partial charge in [0.1, 0.15) is 0 Å². The molecule has 19 heavy (non-hydrogen) atoms. The van der Waals surface area contributed by atoms with E-state index in [1.54, 1.807) is 0 Å². The molecule has 2 nitrogen and oxygen atoms in total. The molecule has 2 unspecified atom stereocenters. The van der Waals surface area contributed by atoms with E-state index in [4.69, 9.17) is 10.2 Å². The van der Waals surface area contributed by atoms with Crippen LogP contribution in [0.15, 0.2) is 0 Å². The number of hydrogen-bond donors (Lipinski definition) is 2. The van der Waals surface area contributed by atoms with Crippen LogP contribution in [-0.4, -0.2) is 22.4 Å². The van der Waals surface area contributed by atoms with Crippen LogP contribution in [0.4, 0.5) is 0 Å². The summed E-state index contributed by atoms with van der Waals surface area (Å²) in [5, 5.41) is 18.3. The Kier molecular flexibility index (Phi) is 14.3. The van der Waals surface area contributed by atoms with E-state index in [0.717, 1.165) is 12.8 Å². The van der Waals surface area contributed by atoms with Crippen LogP contribution < -0.4 is 0 Å². The van der Waals surface area contributed by atoms with Gasteiger partial charge in [0.15, 0.2) is 0 Å². The van der Waals surface area contributed by atoms with Gasteiger partial charge in [-0.3, -0.25) is 0 Å². The number of aliphatic hydroxyl groups is 2. The highest BCUT2D eigenvalue weighted by Crippen LogP contribution is 2.13. The molecule has 0 aromatic rings. The zero-order valence-electron chi connectivity index (χ0n) is 13.2. The maximum absolute atomic E-state index is 9.13. The molecule has 0 aliphatic carbocycles. The van der Waals surface area contributed by atoms with E-state index >= 15 is 0 Å². The van der Waals surface area contributed by atoms with E-state index in [0.29, 0.717) is 0 Å². The van der Waals surface area contributed by atoms with Gasteiger partial charge >= 0.3 is 0 Å². The van der Waals surface area contributed by atoms with Crippen LogP contribution in [-0.2, 0) is 0 Å². The van der Waals surface area contributed by atoms with Crippen LogP contribution in [0.5, 0.6) is 0 Å². The summed E-state index contributed by atoms with van der Waals surface area (Å²) in [5.74, 6) is 0. The minimum atomic E-state index is -0.117. The summed E-state index contributed by atoms with van der Waals surface area (Å²) in [6, 6.07) is 0. The molecule has 0 saturated carbocycles. The molecule has 0 saturated heterocycles. The van der Waals surface area contributed by atoms with Gasteiger partial charge in [-0.05, 0) is 26.7 Å². The van der Waals surface area contributed by atoms with E-state index in [2.05, 4.69) is 0 Å². The molecule has 0 amide bonds. The lowest BCUT2D eigenvalue weighted by Crippen LogP contribution is -1.98. The first-order valence-electron chi connectivity index (χ1n) is 8.49. The van der Waals surface area contributed by atoms with Crippen molar-refractivity contribution in [3.63, 3.8) is 0 Å². The molecule has 0 bridgehead atoms. The molecule has 0 heterocycles. The molecule has 0 aromatic carbocycles. The second-order valence-corrected chi connectivity index (χ2v) is 6.16. The first kappa shape index (κ1) is 18.9. The van der Waals surface area contributed by atoms with Gasteiger partial charge in [-0.1, -0.05) is 70.6 Å². The standard InChI is InChI=1S/C17H36O2/c1-16(18)14-12-10-8-6-4-3-5-7-9-11-13-15-17(2)19/h16-19H,3-15H2,1-2H3. The Morgan fingerprint density at radius 2 is 0.684 bits per heavy atom. The molecule has 0 aliphatic rings. The third kappa shape index (κ3) is 17.9. The van der Waals surface area contributed by atoms with E-state index in [1.807, 2.05) is 13.8 Å². The Bertz CT molecular complexity index is 149. The highest BCUT2D eigenvalue weighted by atomic mass is 16.3. The highest BCUT2D eigenvalue weighted by Gasteiger charge is 1.97. The van der Waals surface area contributed by atoms with Gasteiger partial charge in [0, 0.05) is 0 Å². The van der Waals surface area contributed by atoms with Crippen LogP contribution in [0, 0.1) is 0 Å². The third-order valence-electron chi connectivity index (χ3n) is 3.74. The summed E-state index contributed by atoms with van der Waals surface area (Å²) >= 11 is 0. The van der Waals surface area contributed by atoms with Crippen LogP contribution in [0.2, 0.25) is 0 Å². The Morgan fingerprint density at radius 3 is 0.895 bits per heavy atom. The lowest BCUT2D eigenvalue weighted by atomic mass is 10.0. The zero-order chi connectivity index (χ0) is 14.3. The van der Waals surface area contributed by atoms with Gasteiger partial charge < -0.3 is 10.2 Å². The van der Waals surface area contributed by atoms with Gasteiger partial charge in [-0.15, -0.1) is 0 Å². The van der Waals surface area contributed by atoms with E-state index < -0.39 is 0 Å². The average molecular weight is 272 g/mol. The van der Waals surface area contributed by atoms with Crippen molar-refractivity contribution in [3.05, 3.63) is 0 Å². The number of aliphatic hydroxyl groups excluding tert-OH is 2. The van der Waals surface area contributed by atoms with Crippen LogP contribution in [0.1, 0.15) is 97.3 Å². The molecule has 0 aromatic heterocycles. The fourth-order valence-electron chi connectivity index (χ4n) is 2.47. The van der Waals surface area contributed by atoms with Crippen LogP contribution in [0.3, 0.4) is 0 Å².